The largest absolute Gasteiger partial charge is 0.497 e. The maximum absolute atomic E-state index is 12.2. The van der Waals surface area contributed by atoms with Crippen LogP contribution in [0.15, 0.2) is 48.5 Å². The summed E-state index contributed by atoms with van der Waals surface area (Å²) in [5, 5.41) is 11.4. The number of carbonyl (C=O) groups excluding carboxylic acids is 1. The van der Waals surface area contributed by atoms with Gasteiger partial charge in [-0.15, -0.1) is 0 Å². The Morgan fingerprint density at radius 2 is 1.64 bits per heavy atom. The van der Waals surface area contributed by atoms with E-state index in [0.29, 0.717) is 17.9 Å². The maximum Gasteiger partial charge on any atom is 0.341 e. The summed E-state index contributed by atoms with van der Waals surface area (Å²) in [6.07, 6.45) is 0.351. The lowest BCUT2D eigenvalue weighted by Crippen LogP contribution is -2.14. The third kappa shape index (κ3) is 5.84. The third-order valence-electron chi connectivity index (χ3n) is 3.68. The highest BCUT2D eigenvalue weighted by atomic mass is 16.5. The number of carboxylic acid groups (broad SMARTS) is 1. The summed E-state index contributed by atoms with van der Waals surface area (Å²) in [5.74, 6) is 0.161. The van der Waals surface area contributed by atoms with Gasteiger partial charge in [-0.25, -0.2) is 4.79 Å². The molecule has 1 amide bonds. The van der Waals surface area contributed by atoms with Gasteiger partial charge in [0.05, 0.1) is 7.11 Å². The molecule has 2 rings (SSSR count). The number of carbonyl (C=O) groups is 2. The zero-order valence-corrected chi connectivity index (χ0v) is 14.2. The van der Waals surface area contributed by atoms with E-state index >= 15 is 0 Å². The number of ether oxygens (including phenoxy) is 2. The molecule has 0 heterocycles. The van der Waals surface area contributed by atoms with Crippen LogP contribution in [0.25, 0.3) is 0 Å². The summed E-state index contributed by atoms with van der Waals surface area (Å²) >= 11 is 0. The Morgan fingerprint density at radius 1 is 1.04 bits per heavy atom. The number of carboxylic acids is 1. The van der Waals surface area contributed by atoms with Crippen LogP contribution >= 0.6 is 0 Å². The molecule has 25 heavy (non-hydrogen) atoms. The molecular formula is C19H21NO5. The monoisotopic (exact) mass is 343 g/mol. The summed E-state index contributed by atoms with van der Waals surface area (Å²) in [5.41, 5.74) is 1.70. The second-order valence-electron chi connectivity index (χ2n) is 5.63. The Hall–Kier alpha value is -3.02. The molecule has 2 aromatic rings. The molecule has 1 unspecified atom stereocenters. The molecule has 0 spiro atoms. The van der Waals surface area contributed by atoms with Crippen LogP contribution < -0.4 is 14.8 Å². The SMILES string of the molecule is COc1ccc(C(C)CC(=O)Nc2ccc(OCC(=O)O)cc2)cc1. The number of aliphatic carboxylic acids is 1. The highest BCUT2D eigenvalue weighted by molar-refractivity contribution is 5.91. The van der Waals surface area contributed by atoms with Crippen LogP contribution in [0.4, 0.5) is 5.69 Å². The van der Waals surface area contributed by atoms with Gasteiger partial charge in [0.1, 0.15) is 11.5 Å². The van der Waals surface area contributed by atoms with Gasteiger partial charge in [0.15, 0.2) is 6.61 Å². The zero-order chi connectivity index (χ0) is 18.2. The molecule has 0 radical (unpaired) electrons. The molecule has 0 aliphatic carbocycles. The van der Waals surface area contributed by atoms with Crippen molar-refractivity contribution in [2.45, 2.75) is 19.3 Å². The fraction of sp³-hybridized carbons (Fsp3) is 0.263. The van der Waals surface area contributed by atoms with Crippen molar-refractivity contribution in [1.82, 2.24) is 0 Å². The van der Waals surface area contributed by atoms with Gasteiger partial charge in [-0.1, -0.05) is 19.1 Å². The molecule has 0 aliphatic heterocycles. The van der Waals surface area contributed by atoms with Crippen molar-refractivity contribution < 1.29 is 24.2 Å². The van der Waals surface area contributed by atoms with E-state index in [-0.39, 0.29) is 11.8 Å². The van der Waals surface area contributed by atoms with Crippen molar-refractivity contribution in [3.8, 4) is 11.5 Å². The number of nitrogens with one attached hydrogen (secondary N) is 1. The first-order valence-electron chi connectivity index (χ1n) is 7.86. The van der Waals surface area contributed by atoms with Crippen LogP contribution in [0, 0.1) is 0 Å². The normalized spacial score (nSPS) is 11.4. The minimum absolute atomic E-state index is 0.0732. The molecule has 0 saturated heterocycles. The summed E-state index contributed by atoms with van der Waals surface area (Å²) in [7, 11) is 1.61. The van der Waals surface area contributed by atoms with Crippen molar-refractivity contribution in [1.29, 1.82) is 0 Å². The van der Waals surface area contributed by atoms with Crippen LogP contribution in [0.5, 0.6) is 11.5 Å². The molecule has 1 atom stereocenters. The van der Waals surface area contributed by atoms with Crippen LogP contribution in [0.1, 0.15) is 24.8 Å². The minimum Gasteiger partial charge on any atom is -0.497 e. The van der Waals surface area contributed by atoms with Crippen molar-refractivity contribution in [2.24, 2.45) is 0 Å². The quantitative estimate of drug-likeness (QED) is 0.768. The molecule has 6 heteroatoms. The van der Waals surface area contributed by atoms with E-state index in [1.54, 1.807) is 31.4 Å². The Morgan fingerprint density at radius 3 is 2.20 bits per heavy atom. The predicted octanol–water partition coefficient (Wildman–Crippen LogP) is 3.29. The first-order chi connectivity index (χ1) is 12.0. The summed E-state index contributed by atoms with van der Waals surface area (Å²) in [6, 6.07) is 14.2. The Labute approximate surface area is 146 Å². The second kappa shape index (κ2) is 8.73. The molecule has 2 aromatic carbocycles. The van der Waals surface area contributed by atoms with Crippen LogP contribution in [0.2, 0.25) is 0 Å². The number of hydrogen-bond donors (Lipinski definition) is 2. The molecule has 0 bridgehead atoms. The van der Waals surface area contributed by atoms with Gasteiger partial charge in [-0.3, -0.25) is 4.79 Å². The van der Waals surface area contributed by atoms with Gasteiger partial charge in [-0.05, 0) is 47.9 Å². The van der Waals surface area contributed by atoms with Gasteiger partial charge in [0, 0.05) is 12.1 Å². The number of rotatable bonds is 8. The first kappa shape index (κ1) is 18.3. The van der Waals surface area contributed by atoms with E-state index in [4.69, 9.17) is 14.6 Å². The van der Waals surface area contributed by atoms with Crippen LogP contribution in [-0.2, 0) is 9.59 Å². The third-order valence-corrected chi connectivity index (χ3v) is 3.68. The van der Waals surface area contributed by atoms with E-state index < -0.39 is 12.6 Å². The molecule has 6 nitrogen and oxygen atoms in total. The molecule has 0 aromatic heterocycles. The van der Waals surface area contributed by atoms with Crippen LogP contribution in [-0.4, -0.2) is 30.7 Å². The standard InChI is InChI=1S/C19H21NO5/c1-13(14-3-7-16(24-2)8-4-14)11-18(21)20-15-5-9-17(10-6-15)25-12-19(22)23/h3-10,13H,11-12H2,1-2H3,(H,20,21)(H,22,23). The highest BCUT2D eigenvalue weighted by Gasteiger charge is 2.12. The van der Waals surface area contributed by atoms with E-state index in [1.165, 1.54) is 0 Å². The number of anilines is 1. The second-order valence-corrected chi connectivity index (χ2v) is 5.63. The Balaban J connectivity index is 1.87. The van der Waals surface area contributed by atoms with Gasteiger partial charge < -0.3 is 19.9 Å². The average Bonchev–Trinajstić information content (AvgIpc) is 2.61. The average molecular weight is 343 g/mol. The summed E-state index contributed by atoms with van der Waals surface area (Å²) in [4.78, 5) is 22.6. The predicted molar refractivity (Wildman–Crippen MR) is 94.2 cm³/mol. The Bertz CT molecular complexity index is 710. The van der Waals surface area contributed by atoms with Gasteiger partial charge in [-0.2, -0.15) is 0 Å². The first-order valence-corrected chi connectivity index (χ1v) is 7.86. The fourth-order valence-corrected chi connectivity index (χ4v) is 2.32. The topological polar surface area (TPSA) is 84.9 Å². The maximum atomic E-state index is 12.2. The molecular weight excluding hydrogens is 322 g/mol. The van der Waals surface area contributed by atoms with Crippen molar-refractivity contribution >= 4 is 17.6 Å². The molecule has 132 valence electrons. The molecule has 0 fully saturated rings. The van der Waals surface area contributed by atoms with E-state index in [2.05, 4.69) is 5.32 Å². The number of benzene rings is 2. The van der Waals surface area contributed by atoms with Crippen LogP contribution in [0.3, 0.4) is 0 Å². The number of amides is 1. The minimum atomic E-state index is -1.04. The summed E-state index contributed by atoms with van der Waals surface area (Å²) in [6.45, 7) is 1.59. The smallest absolute Gasteiger partial charge is 0.341 e. The number of hydrogen-bond acceptors (Lipinski definition) is 4. The zero-order valence-electron chi connectivity index (χ0n) is 14.2. The fourth-order valence-electron chi connectivity index (χ4n) is 2.32. The van der Waals surface area contributed by atoms with E-state index in [9.17, 15) is 9.59 Å². The van der Waals surface area contributed by atoms with E-state index in [1.807, 2.05) is 31.2 Å². The highest BCUT2D eigenvalue weighted by Crippen LogP contribution is 2.23. The lowest BCUT2D eigenvalue weighted by molar-refractivity contribution is -0.139. The molecule has 2 N–H and O–H groups in total. The molecule has 0 saturated carbocycles. The van der Waals surface area contributed by atoms with Gasteiger partial charge >= 0.3 is 5.97 Å². The Kier molecular flexibility index (Phi) is 6.39. The van der Waals surface area contributed by atoms with Gasteiger partial charge in [0.2, 0.25) is 5.91 Å². The van der Waals surface area contributed by atoms with Gasteiger partial charge in [0.25, 0.3) is 0 Å². The van der Waals surface area contributed by atoms with Crippen molar-refractivity contribution in [2.75, 3.05) is 19.0 Å². The van der Waals surface area contributed by atoms with Crippen molar-refractivity contribution in [3.63, 3.8) is 0 Å². The van der Waals surface area contributed by atoms with E-state index in [0.717, 1.165) is 11.3 Å². The summed E-state index contributed by atoms with van der Waals surface area (Å²) < 4.78 is 10.2. The lowest BCUT2D eigenvalue weighted by Gasteiger charge is -2.13. The van der Waals surface area contributed by atoms with Crippen molar-refractivity contribution in [3.05, 3.63) is 54.1 Å². The molecule has 0 aliphatic rings. The lowest BCUT2D eigenvalue weighted by atomic mass is 9.97. The number of methoxy groups -OCH3 is 1.